The lowest BCUT2D eigenvalue weighted by molar-refractivity contribution is 0.288. The van der Waals surface area contributed by atoms with E-state index in [9.17, 15) is 26.0 Å². The van der Waals surface area contributed by atoms with Gasteiger partial charge in [0.15, 0.2) is 0 Å². The maximum Gasteiger partial charge on any atom is 0.264 e. The first-order valence-corrected chi connectivity index (χ1v) is 10.3. The lowest BCUT2D eigenvalue weighted by Crippen LogP contribution is -2.05. The molecule has 2 aromatic carbocycles. The Hall–Kier alpha value is -1.97. The van der Waals surface area contributed by atoms with Crippen molar-refractivity contribution in [2.75, 3.05) is 19.5 Å². The second kappa shape index (κ2) is 11.8. The van der Waals surface area contributed by atoms with Gasteiger partial charge in [0.2, 0.25) is 0 Å². The summed E-state index contributed by atoms with van der Waals surface area (Å²) in [4.78, 5) is 0. The van der Waals surface area contributed by atoms with Crippen LogP contribution >= 0.6 is 0 Å². The van der Waals surface area contributed by atoms with Gasteiger partial charge in [-0.05, 0) is 48.9 Å². The first kappa shape index (κ1) is 24.1. The number of aliphatic hydroxyl groups is 1. The molecule has 2 rings (SSSR count). The summed E-state index contributed by atoms with van der Waals surface area (Å²) in [6.07, 6.45) is 2.56. The van der Waals surface area contributed by atoms with E-state index in [2.05, 4.69) is 4.18 Å². The molecule has 0 fully saturated rings. The maximum absolute atomic E-state index is 13.1. The van der Waals surface area contributed by atoms with Crippen molar-refractivity contribution in [3.8, 4) is 0 Å². The van der Waals surface area contributed by atoms with Gasteiger partial charge < -0.3 is 5.11 Å². The lowest BCUT2D eigenvalue weighted by Gasteiger charge is -2.03. The zero-order valence-electron chi connectivity index (χ0n) is 15.3. The first-order valence-electron chi connectivity index (χ1n) is 8.45. The van der Waals surface area contributed by atoms with E-state index < -0.39 is 33.4 Å². The van der Waals surface area contributed by atoms with Gasteiger partial charge in [-0.25, -0.2) is 17.6 Å². The summed E-state index contributed by atoms with van der Waals surface area (Å²) in [6.45, 7) is 0.0203. The third kappa shape index (κ3) is 9.82. The summed E-state index contributed by atoms with van der Waals surface area (Å²) in [5.41, 5.74) is 0.795. The summed E-state index contributed by atoms with van der Waals surface area (Å²) < 4.78 is 76.6. The van der Waals surface area contributed by atoms with Gasteiger partial charge in [-0.2, -0.15) is 8.42 Å². The van der Waals surface area contributed by atoms with Gasteiger partial charge in [0.05, 0.1) is 12.9 Å². The fourth-order valence-electron chi connectivity index (χ4n) is 2.19. The van der Waals surface area contributed by atoms with Crippen LogP contribution in [0.25, 0.3) is 0 Å². The third-order valence-electron chi connectivity index (χ3n) is 3.52. The smallest absolute Gasteiger partial charge is 0.264 e. The van der Waals surface area contributed by atoms with E-state index in [1.807, 2.05) is 0 Å². The number of benzene rings is 2. The van der Waals surface area contributed by atoms with E-state index in [1.54, 1.807) is 0 Å². The molecule has 0 spiro atoms. The van der Waals surface area contributed by atoms with Crippen LogP contribution in [0.5, 0.6) is 0 Å². The Bertz CT molecular complexity index is 857. The summed E-state index contributed by atoms with van der Waals surface area (Å²) >= 11 is 0. The van der Waals surface area contributed by atoms with Crippen molar-refractivity contribution in [2.24, 2.45) is 0 Å². The summed E-state index contributed by atoms with van der Waals surface area (Å²) in [7, 11) is -3.45. The highest BCUT2D eigenvalue weighted by Gasteiger charge is 2.05. The highest BCUT2D eigenvalue weighted by atomic mass is 32.2. The topological polar surface area (TPSA) is 63.6 Å². The van der Waals surface area contributed by atoms with E-state index in [4.69, 9.17) is 5.11 Å². The summed E-state index contributed by atoms with van der Waals surface area (Å²) in [5, 5.41) is 8.48. The monoisotopic (exact) mass is 422 g/mol. The van der Waals surface area contributed by atoms with E-state index in [1.165, 1.54) is 18.2 Å². The van der Waals surface area contributed by atoms with Crippen LogP contribution in [-0.4, -0.2) is 33.0 Å². The van der Waals surface area contributed by atoms with Crippen LogP contribution in [0.3, 0.4) is 0 Å². The Labute approximate surface area is 161 Å². The normalized spacial score (nSPS) is 11.1. The molecule has 4 nitrogen and oxygen atoms in total. The minimum absolute atomic E-state index is 0.00432. The van der Waals surface area contributed by atoms with Gasteiger partial charge in [0.25, 0.3) is 10.1 Å². The molecule has 0 saturated carbocycles. The molecule has 0 aliphatic heterocycles. The molecule has 0 bridgehead atoms. The van der Waals surface area contributed by atoms with Crippen LogP contribution < -0.4 is 0 Å². The van der Waals surface area contributed by atoms with Crippen molar-refractivity contribution < 1.29 is 35.3 Å². The van der Waals surface area contributed by atoms with Gasteiger partial charge >= 0.3 is 0 Å². The van der Waals surface area contributed by atoms with Crippen LogP contribution in [0.15, 0.2) is 36.4 Å². The lowest BCUT2D eigenvalue weighted by atomic mass is 10.1. The molecule has 2 aromatic rings. The predicted octanol–water partition coefficient (Wildman–Crippen LogP) is 3.76. The van der Waals surface area contributed by atoms with Crippen molar-refractivity contribution in [2.45, 2.75) is 25.7 Å². The number of aryl methyl sites for hydroxylation is 2. The molecular weight excluding hydrogens is 400 g/mol. The quantitative estimate of drug-likeness (QED) is 0.400. The second-order valence-corrected chi connectivity index (χ2v) is 7.57. The van der Waals surface area contributed by atoms with Crippen molar-refractivity contribution in [3.05, 3.63) is 70.8 Å². The number of hydrogen-bond donors (Lipinski definition) is 1. The first-order chi connectivity index (χ1) is 13.1. The van der Waals surface area contributed by atoms with Gasteiger partial charge in [-0.15, -0.1) is 0 Å². The molecule has 0 aliphatic rings. The van der Waals surface area contributed by atoms with E-state index in [0.29, 0.717) is 36.8 Å². The van der Waals surface area contributed by atoms with Crippen molar-refractivity contribution in [1.29, 1.82) is 0 Å². The highest BCUT2D eigenvalue weighted by Crippen LogP contribution is 2.12. The average molecular weight is 422 g/mol. The number of halogens is 4. The van der Waals surface area contributed by atoms with Gasteiger partial charge in [-0.1, -0.05) is 12.1 Å². The maximum atomic E-state index is 13.1. The van der Waals surface area contributed by atoms with E-state index in [-0.39, 0.29) is 13.2 Å². The SMILES string of the molecule is CS(=O)(=O)OCCCc1ccc(F)cc1F.OCCCc1ccc(F)cc1F. The predicted molar refractivity (Wildman–Crippen MR) is 97.2 cm³/mol. The molecule has 0 aromatic heterocycles. The fraction of sp³-hybridized carbons (Fsp3) is 0.368. The Kier molecular flexibility index (Phi) is 10.1. The molecule has 28 heavy (non-hydrogen) atoms. The van der Waals surface area contributed by atoms with E-state index >= 15 is 0 Å². The zero-order chi connectivity index (χ0) is 21.2. The van der Waals surface area contributed by atoms with Crippen LogP contribution in [0.2, 0.25) is 0 Å². The van der Waals surface area contributed by atoms with Crippen molar-refractivity contribution >= 4 is 10.1 Å². The number of rotatable bonds is 8. The Morgan fingerprint density at radius 3 is 1.71 bits per heavy atom. The largest absolute Gasteiger partial charge is 0.396 e. The van der Waals surface area contributed by atoms with Crippen LogP contribution in [0.1, 0.15) is 24.0 Å². The molecular formula is C19H22F4O4S. The summed E-state index contributed by atoms with van der Waals surface area (Å²) in [6, 6.07) is 6.77. The fourth-order valence-corrected chi connectivity index (χ4v) is 2.61. The Morgan fingerprint density at radius 1 is 0.857 bits per heavy atom. The molecule has 0 aliphatic carbocycles. The molecule has 1 N–H and O–H groups in total. The minimum Gasteiger partial charge on any atom is -0.396 e. The third-order valence-corrected chi connectivity index (χ3v) is 4.12. The minimum atomic E-state index is -3.45. The molecule has 156 valence electrons. The van der Waals surface area contributed by atoms with Crippen molar-refractivity contribution in [3.63, 3.8) is 0 Å². The van der Waals surface area contributed by atoms with Gasteiger partial charge in [0.1, 0.15) is 23.3 Å². The van der Waals surface area contributed by atoms with Crippen LogP contribution in [-0.2, 0) is 27.1 Å². The average Bonchev–Trinajstić information content (AvgIpc) is 2.59. The molecule has 0 saturated heterocycles. The van der Waals surface area contributed by atoms with E-state index in [0.717, 1.165) is 24.5 Å². The molecule has 0 heterocycles. The van der Waals surface area contributed by atoms with Gasteiger partial charge in [0, 0.05) is 18.7 Å². The Balaban J connectivity index is 0.000000292. The Morgan fingerprint density at radius 2 is 1.32 bits per heavy atom. The van der Waals surface area contributed by atoms with Crippen molar-refractivity contribution in [1.82, 2.24) is 0 Å². The second-order valence-electron chi connectivity index (χ2n) is 5.93. The molecule has 9 heteroatoms. The van der Waals surface area contributed by atoms with Crippen LogP contribution in [0.4, 0.5) is 17.6 Å². The van der Waals surface area contributed by atoms with Crippen LogP contribution in [0, 0.1) is 23.3 Å². The highest BCUT2D eigenvalue weighted by molar-refractivity contribution is 7.85. The zero-order valence-corrected chi connectivity index (χ0v) is 16.1. The standard InChI is InChI=1S/C10H12F2O3S.C9H10F2O/c1-16(13,14)15-6-2-3-8-4-5-9(11)7-10(8)12;10-8-4-3-7(2-1-5-12)9(11)6-8/h4-5,7H,2-3,6H2,1H3;3-4,6,12H,1-2,5H2. The molecule has 0 radical (unpaired) electrons. The molecule has 0 atom stereocenters. The molecule has 0 amide bonds. The molecule has 0 unspecified atom stereocenters. The summed E-state index contributed by atoms with van der Waals surface area (Å²) in [5.74, 6) is -2.36. The van der Waals surface area contributed by atoms with Gasteiger partial charge in [-0.3, -0.25) is 4.18 Å². The number of hydrogen-bond acceptors (Lipinski definition) is 4. The number of aliphatic hydroxyl groups excluding tert-OH is 1.